The number of carbonyl (C=O) groups is 1. The van der Waals surface area contributed by atoms with Gasteiger partial charge in [0.05, 0.1) is 22.0 Å². The molecule has 1 amide bonds. The number of aryl methyl sites for hydroxylation is 1. The summed E-state index contributed by atoms with van der Waals surface area (Å²) in [5, 5.41) is 9.00. The molecule has 2 aromatic carbocycles. The first-order valence-electron chi connectivity index (χ1n) is 8.03. The van der Waals surface area contributed by atoms with Crippen LogP contribution in [0.5, 0.6) is 0 Å². The van der Waals surface area contributed by atoms with Crippen LogP contribution in [0, 0.1) is 12.8 Å². The molecule has 25 heavy (non-hydrogen) atoms. The Morgan fingerprint density at radius 1 is 1.28 bits per heavy atom. The van der Waals surface area contributed by atoms with E-state index in [0.717, 1.165) is 21.8 Å². The largest absolute Gasteiger partial charge is 0.362 e. The zero-order valence-corrected chi connectivity index (χ0v) is 15.3. The smallest absolute Gasteiger partial charge is 0.253 e. The number of rotatable bonds is 4. The summed E-state index contributed by atoms with van der Waals surface area (Å²) in [6.07, 6.45) is 2.61. The van der Waals surface area contributed by atoms with E-state index in [9.17, 15) is 4.79 Å². The monoisotopic (exact) mass is 371 g/mol. The van der Waals surface area contributed by atoms with Crippen molar-refractivity contribution >= 4 is 46.6 Å². The molecule has 0 aliphatic carbocycles. The average Bonchev–Trinajstić information content (AvgIpc) is 2.57. The molecule has 2 aromatic rings. The number of para-hydroxylation sites is 1. The molecule has 1 heterocycles. The van der Waals surface area contributed by atoms with Crippen LogP contribution in [-0.4, -0.2) is 17.6 Å². The van der Waals surface area contributed by atoms with Crippen LogP contribution in [0.15, 0.2) is 47.5 Å². The summed E-state index contributed by atoms with van der Waals surface area (Å²) < 4.78 is 0. The van der Waals surface area contributed by atoms with Crippen LogP contribution in [0.3, 0.4) is 0 Å². The molecule has 0 radical (unpaired) electrons. The van der Waals surface area contributed by atoms with E-state index in [4.69, 9.17) is 23.8 Å². The van der Waals surface area contributed by atoms with Gasteiger partial charge in [-0.1, -0.05) is 41.9 Å². The molecule has 0 fully saturated rings. The number of halogens is 1. The van der Waals surface area contributed by atoms with E-state index in [1.807, 2.05) is 49.4 Å². The number of benzene rings is 2. The van der Waals surface area contributed by atoms with Crippen molar-refractivity contribution in [1.82, 2.24) is 5.32 Å². The van der Waals surface area contributed by atoms with E-state index in [1.165, 1.54) is 0 Å². The number of carbonyl (C=O) groups excluding carboxylic acids is 1. The maximum atomic E-state index is 12.2. The fraction of sp³-hybridized carbons (Fsp3) is 0.211. The van der Waals surface area contributed by atoms with Crippen molar-refractivity contribution in [3.05, 3.63) is 63.6 Å². The lowest BCUT2D eigenvalue weighted by Crippen LogP contribution is -2.36. The molecule has 4 nitrogen and oxygen atoms in total. The second-order valence-corrected chi connectivity index (χ2v) is 6.75. The third-order valence-corrected chi connectivity index (χ3v) is 4.55. The second-order valence-electron chi connectivity index (χ2n) is 5.93. The number of amides is 1. The molecule has 2 N–H and O–H groups in total. The first-order valence-corrected chi connectivity index (χ1v) is 8.82. The van der Waals surface area contributed by atoms with Gasteiger partial charge in [-0.2, -0.15) is 0 Å². The Bertz CT molecular complexity index is 942. The maximum absolute atomic E-state index is 12.2. The van der Waals surface area contributed by atoms with Gasteiger partial charge in [0.2, 0.25) is 0 Å². The molecule has 0 spiro atoms. The Morgan fingerprint density at radius 2 is 2.08 bits per heavy atom. The van der Waals surface area contributed by atoms with Gasteiger partial charge < -0.3 is 10.6 Å². The van der Waals surface area contributed by atoms with Gasteiger partial charge in [-0.15, -0.1) is 0 Å². The van der Waals surface area contributed by atoms with Crippen LogP contribution in [0.4, 0.5) is 5.69 Å². The molecule has 1 aliphatic rings. The maximum Gasteiger partial charge on any atom is 0.253 e. The number of nitrogens with zero attached hydrogens (tertiary/aromatic N) is 1. The lowest BCUT2D eigenvalue weighted by Gasteiger charge is -2.15. The highest BCUT2D eigenvalue weighted by molar-refractivity contribution is 7.80. The number of fused-ring (bicyclic) bond motifs is 1. The van der Waals surface area contributed by atoms with Gasteiger partial charge >= 0.3 is 0 Å². The zero-order chi connectivity index (χ0) is 17.8. The molecule has 0 saturated carbocycles. The van der Waals surface area contributed by atoms with Crippen molar-refractivity contribution in [2.24, 2.45) is 10.9 Å². The summed E-state index contributed by atoms with van der Waals surface area (Å²) in [5.41, 5.74) is 1.85. The summed E-state index contributed by atoms with van der Waals surface area (Å²) in [6, 6.07) is 13.4. The fourth-order valence-electron chi connectivity index (χ4n) is 2.66. The minimum Gasteiger partial charge on any atom is -0.362 e. The number of thiocarbonyl (C=S) groups is 1. The third kappa shape index (κ3) is 4.44. The minimum atomic E-state index is -0.231. The van der Waals surface area contributed by atoms with Crippen LogP contribution < -0.4 is 21.2 Å². The number of nitrogens with one attached hydrogen (secondary N) is 2. The van der Waals surface area contributed by atoms with Gasteiger partial charge in [0, 0.05) is 6.54 Å². The molecule has 1 unspecified atom stereocenters. The molecular formula is C19H18ClN3OS. The highest BCUT2D eigenvalue weighted by Gasteiger charge is 2.18. The van der Waals surface area contributed by atoms with Crippen LogP contribution in [0.2, 0.25) is 5.02 Å². The van der Waals surface area contributed by atoms with Crippen LogP contribution in [0.1, 0.15) is 12.0 Å². The van der Waals surface area contributed by atoms with Gasteiger partial charge in [0.1, 0.15) is 0 Å². The van der Waals surface area contributed by atoms with Crippen LogP contribution in [0.25, 0.3) is 6.08 Å². The van der Waals surface area contributed by atoms with E-state index in [-0.39, 0.29) is 11.8 Å². The van der Waals surface area contributed by atoms with Gasteiger partial charge in [-0.25, -0.2) is 4.99 Å². The fourth-order valence-corrected chi connectivity index (χ4v) is 3.05. The van der Waals surface area contributed by atoms with Crippen molar-refractivity contribution in [1.29, 1.82) is 0 Å². The minimum absolute atomic E-state index is 0.107. The third-order valence-electron chi connectivity index (χ3n) is 3.98. The van der Waals surface area contributed by atoms with E-state index in [2.05, 4.69) is 15.6 Å². The Balaban J connectivity index is 1.57. The Labute approximate surface area is 156 Å². The number of anilines is 1. The molecule has 0 bridgehead atoms. The van der Waals surface area contributed by atoms with Crippen molar-refractivity contribution in [2.75, 3.05) is 11.9 Å². The van der Waals surface area contributed by atoms with E-state index in [0.29, 0.717) is 23.1 Å². The van der Waals surface area contributed by atoms with Crippen molar-refractivity contribution in [3.63, 3.8) is 0 Å². The molecule has 0 saturated heterocycles. The zero-order valence-electron chi connectivity index (χ0n) is 13.8. The summed E-state index contributed by atoms with van der Waals surface area (Å²) in [4.78, 5) is 16.4. The molecule has 6 heteroatoms. The van der Waals surface area contributed by atoms with Crippen molar-refractivity contribution in [2.45, 2.75) is 13.3 Å². The quantitative estimate of drug-likeness (QED) is 0.811. The topological polar surface area (TPSA) is 53.5 Å². The van der Waals surface area contributed by atoms with Gasteiger partial charge in [0.25, 0.3) is 5.91 Å². The van der Waals surface area contributed by atoms with Gasteiger partial charge in [-0.05, 0) is 54.5 Å². The normalized spacial score (nSPS) is 15.6. The summed E-state index contributed by atoms with van der Waals surface area (Å²) in [5.74, 6) is -0.337. The summed E-state index contributed by atoms with van der Waals surface area (Å²) in [6.45, 7) is 2.56. The predicted octanol–water partition coefficient (Wildman–Crippen LogP) is 2.58. The van der Waals surface area contributed by atoms with Crippen molar-refractivity contribution < 1.29 is 4.79 Å². The summed E-state index contributed by atoms with van der Waals surface area (Å²) in [7, 11) is 0. The highest BCUT2D eigenvalue weighted by atomic mass is 35.5. The molecular weight excluding hydrogens is 354 g/mol. The lowest BCUT2D eigenvalue weighted by molar-refractivity contribution is -0.120. The molecule has 0 aromatic heterocycles. The Kier molecular flexibility index (Phi) is 5.46. The van der Waals surface area contributed by atoms with Gasteiger partial charge in [-0.3, -0.25) is 4.79 Å². The summed E-state index contributed by atoms with van der Waals surface area (Å²) >= 11 is 11.4. The Hall–Kier alpha value is -2.24. The van der Waals surface area contributed by atoms with Crippen molar-refractivity contribution in [3.8, 4) is 0 Å². The second kappa shape index (κ2) is 7.76. The SMILES string of the molecule is Cc1ccc2c(c1)=NC(=O)C(CCNC(=S)Nc1ccccc1Cl)C=2. The number of hydrogen-bond acceptors (Lipinski definition) is 2. The molecule has 128 valence electrons. The molecule has 1 aliphatic heterocycles. The standard InChI is InChI=1S/C19H18ClN3OS/c1-12-6-7-13-11-14(18(24)22-17(13)10-12)8-9-21-19(25)23-16-5-3-2-4-15(16)20/h2-7,10-11,14H,8-9H2,1H3,(H2,21,23,25). The van der Waals surface area contributed by atoms with E-state index < -0.39 is 0 Å². The Morgan fingerprint density at radius 3 is 2.88 bits per heavy atom. The first-order chi connectivity index (χ1) is 12.0. The first kappa shape index (κ1) is 17.6. The van der Waals surface area contributed by atoms with E-state index in [1.54, 1.807) is 6.07 Å². The van der Waals surface area contributed by atoms with E-state index >= 15 is 0 Å². The molecule has 1 atom stereocenters. The lowest BCUT2D eigenvalue weighted by atomic mass is 10.00. The number of hydrogen-bond donors (Lipinski definition) is 2. The highest BCUT2D eigenvalue weighted by Crippen LogP contribution is 2.20. The van der Waals surface area contributed by atoms with Crippen LogP contribution in [-0.2, 0) is 4.79 Å². The average molecular weight is 372 g/mol. The molecule has 3 rings (SSSR count). The van der Waals surface area contributed by atoms with Crippen LogP contribution >= 0.6 is 23.8 Å². The predicted molar refractivity (Wildman–Crippen MR) is 105 cm³/mol. The van der Waals surface area contributed by atoms with Gasteiger partial charge in [0.15, 0.2) is 5.11 Å².